The van der Waals surface area contributed by atoms with Crippen LogP contribution in [0, 0.1) is 0 Å². The molecule has 1 aromatic carbocycles. The molecule has 0 spiro atoms. The van der Waals surface area contributed by atoms with Crippen molar-refractivity contribution < 1.29 is 22.7 Å². The van der Waals surface area contributed by atoms with Gasteiger partial charge in [-0.2, -0.15) is 13.2 Å². The highest BCUT2D eigenvalue weighted by Crippen LogP contribution is 2.31. The first-order chi connectivity index (χ1) is 11.4. The van der Waals surface area contributed by atoms with E-state index in [1.807, 2.05) is 0 Å². The molecule has 2 aliphatic heterocycles. The highest BCUT2D eigenvalue weighted by molar-refractivity contribution is 5.99. The first-order valence-electron chi connectivity index (χ1n) is 7.93. The maximum atomic E-state index is 12.6. The van der Waals surface area contributed by atoms with Gasteiger partial charge in [-0.05, 0) is 42.7 Å². The van der Waals surface area contributed by atoms with Gasteiger partial charge in [-0.15, -0.1) is 0 Å². The second-order valence-corrected chi connectivity index (χ2v) is 5.96. The summed E-state index contributed by atoms with van der Waals surface area (Å²) >= 11 is 0. The van der Waals surface area contributed by atoms with Gasteiger partial charge in [0.2, 0.25) is 5.91 Å². The van der Waals surface area contributed by atoms with Gasteiger partial charge in [0.25, 0.3) is 0 Å². The Morgan fingerprint density at radius 1 is 1.25 bits per heavy atom. The summed E-state index contributed by atoms with van der Waals surface area (Å²) in [5, 5.41) is 3.22. The highest BCUT2D eigenvalue weighted by atomic mass is 19.4. The van der Waals surface area contributed by atoms with E-state index in [9.17, 15) is 18.0 Å². The first-order valence-corrected chi connectivity index (χ1v) is 7.93. The summed E-state index contributed by atoms with van der Waals surface area (Å²) in [5.41, 5.74) is 0.913. The van der Waals surface area contributed by atoms with Crippen LogP contribution in [0.15, 0.2) is 35.9 Å². The van der Waals surface area contributed by atoms with Crippen LogP contribution in [0.25, 0.3) is 0 Å². The topological polar surface area (TPSA) is 41.6 Å². The molecule has 0 bridgehead atoms. The summed E-state index contributed by atoms with van der Waals surface area (Å²) in [7, 11) is 0. The van der Waals surface area contributed by atoms with E-state index in [-0.39, 0.29) is 11.9 Å². The average Bonchev–Trinajstić information content (AvgIpc) is 2.94. The molecule has 4 nitrogen and oxygen atoms in total. The lowest BCUT2D eigenvalue weighted by atomic mass is 10.1. The second kappa shape index (κ2) is 6.94. The van der Waals surface area contributed by atoms with Crippen molar-refractivity contribution in [1.82, 2.24) is 5.32 Å². The Bertz CT molecular complexity index is 626. The minimum atomic E-state index is -4.37. The molecule has 1 amide bonds. The number of carbonyl (C=O) groups is 1. The van der Waals surface area contributed by atoms with Gasteiger partial charge in [0.15, 0.2) is 0 Å². The molecule has 3 rings (SSSR count). The molecule has 130 valence electrons. The van der Waals surface area contributed by atoms with Gasteiger partial charge < -0.3 is 15.0 Å². The zero-order valence-electron chi connectivity index (χ0n) is 13.1. The number of anilines is 1. The number of hydrogen-bond acceptors (Lipinski definition) is 3. The Kier molecular flexibility index (Phi) is 4.91. The van der Waals surface area contributed by atoms with Crippen molar-refractivity contribution in [3.05, 3.63) is 41.5 Å². The molecular weight excluding hydrogens is 321 g/mol. The molecule has 7 heteroatoms. The van der Waals surface area contributed by atoms with Crippen molar-refractivity contribution >= 4 is 11.6 Å². The predicted octanol–water partition coefficient (Wildman–Crippen LogP) is 2.75. The third-order valence-electron chi connectivity index (χ3n) is 4.27. The second-order valence-electron chi connectivity index (χ2n) is 5.96. The Labute approximate surface area is 138 Å². The van der Waals surface area contributed by atoms with Crippen LogP contribution in [0.4, 0.5) is 18.9 Å². The smallest absolute Gasteiger partial charge is 0.377 e. The van der Waals surface area contributed by atoms with E-state index in [2.05, 4.69) is 11.4 Å². The van der Waals surface area contributed by atoms with Gasteiger partial charge in [0.1, 0.15) is 0 Å². The van der Waals surface area contributed by atoms with E-state index in [4.69, 9.17) is 4.74 Å². The molecule has 0 radical (unpaired) electrons. The highest BCUT2D eigenvalue weighted by Gasteiger charge is 2.34. The fourth-order valence-electron chi connectivity index (χ4n) is 2.94. The lowest BCUT2D eigenvalue weighted by Gasteiger charge is -2.19. The van der Waals surface area contributed by atoms with Crippen molar-refractivity contribution in [3.63, 3.8) is 0 Å². The normalized spacial score (nSPS) is 22.0. The molecule has 1 unspecified atom stereocenters. The van der Waals surface area contributed by atoms with Gasteiger partial charge in [-0.1, -0.05) is 6.08 Å². The maximum absolute atomic E-state index is 12.6. The van der Waals surface area contributed by atoms with E-state index in [1.165, 1.54) is 17.0 Å². The summed E-state index contributed by atoms with van der Waals surface area (Å²) in [6, 6.07) is 4.40. The lowest BCUT2D eigenvalue weighted by Crippen LogP contribution is -2.39. The van der Waals surface area contributed by atoms with Crippen molar-refractivity contribution in [2.75, 3.05) is 31.2 Å². The lowest BCUT2D eigenvalue weighted by molar-refractivity contribution is -0.137. The van der Waals surface area contributed by atoms with Crippen LogP contribution in [0.5, 0.6) is 0 Å². The molecule has 1 atom stereocenters. The number of alkyl halides is 3. The molecule has 0 aromatic heterocycles. The first kappa shape index (κ1) is 17.0. The summed E-state index contributed by atoms with van der Waals surface area (Å²) in [6.45, 7) is 2.40. The van der Waals surface area contributed by atoms with Crippen LogP contribution in [0.2, 0.25) is 0 Å². The van der Waals surface area contributed by atoms with Gasteiger partial charge in [-0.3, -0.25) is 4.79 Å². The van der Waals surface area contributed by atoms with E-state index >= 15 is 0 Å². The number of carbonyl (C=O) groups excluding carboxylic acids is 1. The molecular formula is C17H19F3N2O2. The Balaban J connectivity index is 1.60. The van der Waals surface area contributed by atoms with Gasteiger partial charge in [-0.25, -0.2) is 0 Å². The molecule has 2 heterocycles. The number of hydrogen-bond donors (Lipinski definition) is 1. The minimum absolute atomic E-state index is 0.105. The average molecular weight is 340 g/mol. The Hall–Kier alpha value is -1.86. The largest absolute Gasteiger partial charge is 0.416 e. The van der Waals surface area contributed by atoms with Crippen LogP contribution < -0.4 is 10.2 Å². The maximum Gasteiger partial charge on any atom is 0.416 e. The van der Waals surface area contributed by atoms with Crippen molar-refractivity contribution in [3.8, 4) is 0 Å². The third-order valence-corrected chi connectivity index (χ3v) is 4.27. The number of rotatable bonds is 4. The quantitative estimate of drug-likeness (QED) is 0.857. The summed E-state index contributed by atoms with van der Waals surface area (Å²) in [4.78, 5) is 14.0. The Morgan fingerprint density at radius 3 is 2.62 bits per heavy atom. The van der Waals surface area contributed by atoms with E-state index in [0.717, 1.165) is 30.7 Å². The van der Waals surface area contributed by atoms with Crippen LogP contribution in [-0.4, -0.2) is 38.3 Å². The molecule has 1 aromatic rings. The zero-order valence-corrected chi connectivity index (χ0v) is 13.1. The fourth-order valence-corrected chi connectivity index (χ4v) is 2.94. The Morgan fingerprint density at radius 2 is 2.00 bits per heavy atom. The SMILES string of the molecule is O=C1C(NCC2=CCCOC2)CCN1c1ccc(C(F)(F)F)cc1. The zero-order chi connectivity index (χ0) is 17.2. The van der Waals surface area contributed by atoms with Gasteiger partial charge in [0, 0.05) is 18.8 Å². The number of nitrogens with zero attached hydrogens (tertiary/aromatic N) is 1. The van der Waals surface area contributed by atoms with Crippen LogP contribution in [0.1, 0.15) is 18.4 Å². The van der Waals surface area contributed by atoms with Crippen molar-refractivity contribution in [1.29, 1.82) is 0 Å². The molecule has 0 saturated carbocycles. The van der Waals surface area contributed by atoms with E-state index < -0.39 is 11.7 Å². The number of benzene rings is 1. The number of nitrogens with one attached hydrogen (secondary N) is 1. The van der Waals surface area contributed by atoms with Gasteiger partial charge in [0.05, 0.1) is 24.8 Å². The van der Waals surface area contributed by atoms with Crippen LogP contribution in [-0.2, 0) is 15.7 Å². The monoisotopic (exact) mass is 340 g/mol. The van der Waals surface area contributed by atoms with Crippen LogP contribution >= 0.6 is 0 Å². The van der Waals surface area contributed by atoms with Gasteiger partial charge >= 0.3 is 6.18 Å². The molecule has 1 N–H and O–H groups in total. The van der Waals surface area contributed by atoms with Crippen LogP contribution in [0.3, 0.4) is 0 Å². The standard InChI is InChI=1S/C17H19F3N2O2/c18-17(19,20)13-3-5-14(6-4-13)22-8-7-15(16(22)23)21-10-12-2-1-9-24-11-12/h2-6,15,21H,1,7-11H2. The summed E-state index contributed by atoms with van der Waals surface area (Å²) < 4.78 is 43.2. The molecule has 0 aliphatic carbocycles. The minimum Gasteiger partial charge on any atom is -0.377 e. The van der Waals surface area contributed by atoms with Crippen molar-refractivity contribution in [2.45, 2.75) is 25.1 Å². The summed E-state index contributed by atoms with van der Waals surface area (Å²) in [6.07, 6.45) is -0.738. The van der Waals surface area contributed by atoms with E-state index in [1.54, 1.807) is 0 Å². The molecule has 1 saturated heterocycles. The molecule has 2 aliphatic rings. The molecule has 24 heavy (non-hydrogen) atoms. The van der Waals surface area contributed by atoms with Crippen molar-refractivity contribution in [2.24, 2.45) is 0 Å². The number of amides is 1. The fraction of sp³-hybridized carbons (Fsp3) is 0.471. The third kappa shape index (κ3) is 3.79. The number of halogens is 3. The summed E-state index contributed by atoms with van der Waals surface area (Å²) in [5.74, 6) is -0.105. The van der Waals surface area contributed by atoms with E-state index in [0.29, 0.717) is 31.8 Å². The number of ether oxygens (including phenoxy) is 1. The molecule has 1 fully saturated rings. The predicted molar refractivity (Wildman–Crippen MR) is 83.7 cm³/mol.